The van der Waals surface area contributed by atoms with Gasteiger partial charge in [0.2, 0.25) is 5.89 Å². The fraction of sp³-hybridized carbons (Fsp3) is 0.0270. The Morgan fingerprint density at radius 3 is 2.17 bits per heavy atom. The van der Waals surface area contributed by atoms with Crippen LogP contribution in [-0.4, -0.2) is 15.1 Å². The summed E-state index contributed by atoms with van der Waals surface area (Å²) in [5.41, 5.74) is 10.4. The van der Waals surface area contributed by atoms with Crippen molar-refractivity contribution in [2.75, 3.05) is 0 Å². The third-order valence-corrected chi connectivity index (χ3v) is 7.33. The van der Waals surface area contributed by atoms with E-state index in [9.17, 15) is 5.11 Å². The largest absolute Gasteiger partial charge is 0.507 e. The van der Waals surface area contributed by atoms with E-state index in [0.29, 0.717) is 17.0 Å². The summed E-state index contributed by atoms with van der Waals surface area (Å²) in [5.74, 6) is 0.508. The zero-order chi connectivity index (χ0) is 27.6. The number of hydrogen-bond acceptors (Lipinski definition) is 4. The van der Waals surface area contributed by atoms with Gasteiger partial charge in [-0.2, -0.15) is 0 Å². The Morgan fingerprint density at radius 2 is 1.37 bits per heavy atom. The standard InChI is InChI=1S/C37H26N2O2/c40-33-19-17-27(26-12-5-2-6-13-26)24-31(33)37-39-36-34(41-37)20-18-30(22-25-10-3-1-4-11-25)35(36)29-15-9-14-28(23-29)32-16-7-8-21-38-32/h1-21,23-24,40H,22H2. The first-order chi connectivity index (χ1) is 20.2. The molecule has 0 spiro atoms. The number of benzene rings is 5. The summed E-state index contributed by atoms with van der Waals surface area (Å²) in [6.45, 7) is 0. The van der Waals surface area contributed by atoms with Crippen LogP contribution in [0.3, 0.4) is 0 Å². The Hall–Kier alpha value is -5.48. The van der Waals surface area contributed by atoms with Gasteiger partial charge in [-0.3, -0.25) is 4.98 Å². The fourth-order valence-electron chi connectivity index (χ4n) is 5.32. The van der Waals surface area contributed by atoms with Gasteiger partial charge in [0, 0.05) is 17.3 Å². The minimum Gasteiger partial charge on any atom is -0.507 e. The van der Waals surface area contributed by atoms with Gasteiger partial charge < -0.3 is 9.52 Å². The molecule has 0 saturated heterocycles. The summed E-state index contributed by atoms with van der Waals surface area (Å²) in [5, 5.41) is 10.9. The van der Waals surface area contributed by atoms with Crippen molar-refractivity contribution >= 4 is 11.1 Å². The van der Waals surface area contributed by atoms with Crippen molar-refractivity contribution in [3.8, 4) is 50.7 Å². The number of pyridine rings is 1. The summed E-state index contributed by atoms with van der Waals surface area (Å²) in [4.78, 5) is 9.58. The molecule has 0 saturated carbocycles. The zero-order valence-corrected chi connectivity index (χ0v) is 22.2. The maximum Gasteiger partial charge on any atom is 0.231 e. The lowest BCUT2D eigenvalue weighted by Gasteiger charge is -2.12. The summed E-state index contributed by atoms with van der Waals surface area (Å²) in [7, 11) is 0. The summed E-state index contributed by atoms with van der Waals surface area (Å²) in [6.07, 6.45) is 2.56. The van der Waals surface area contributed by atoms with Crippen LogP contribution in [0.5, 0.6) is 5.75 Å². The molecule has 0 fully saturated rings. The van der Waals surface area contributed by atoms with Gasteiger partial charge in [0.25, 0.3) is 0 Å². The highest BCUT2D eigenvalue weighted by Gasteiger charge is 2.20. The van der Waals surface area contributed by atoms with Crippen LogP contribution in [-0.2, 0) is 6.42 Å². The third kappa shape index (κ3) is 4.88. The molecule has 0 bridgehead atoms. The maximum absolute atomic E-state index is 10.9. The number of rotatable bonds is 6. The molecule has 7 rings (SSSR count). The first kappa shape index (κ1) is 24.6. The second kappa shape index (κ2) is 10.6. The van der Waals surface area contributed by atoms with E-state index in [1.165, 1.54) is 5.56 Å². The average Bonchev–Trinajstić information content (AvgIpc) is 3.47. The quantitative estimate of drug-likeness (QED) is 0.233. The highest BCUT2D eigenvalue weighted by Crippen LogP contribution is 2.39. The van der Waals surface area contributed by atoms with Crippen LogP contribution in [0.4, 0.5) is 0 Å². The number of oxazole rings is 1. The Kier molecular flexibility index (Phi) is 6.34. The summed E-state index contributed by atoms with van der Waals surface area (Å²) >= 11 is 0. The molecule has 1 N–H and O–H groups in total. The molecule has 2 aromatic heterocycles. The molecule has 5 aromatic carbocycles. The van der Waals surface area contributed by atoms with Crippen LogP contribution < -0.4 is 0 Å². The van der Waals surface area contributed by atoms with Crippen molar-refractivity contribution in [1.82, 2.24) is 9.97 Å². The van der Waals surface area contributed by atoms with Gasteiger partial charge in [-0.15, -0.1) is 0 Å². The van der Waals surface area contributed by atoms with Gasteiger partial charge in [0.15, 0.2) is 5.58 Å². The molecular formula is C37H26N2O2. The van der Waals surface area contributed by atoms with Crippen LogP contribution >= 0.6 is 0 Å². The van der Waals surface area contributed by atoms with E-state index in [4.69, 9.17) is 9.40 Å². The van der Waals surface area contributed by atoms with Crippen molar-refractivity contribution in [3.05, 3.63) is 151 Å². The van der Waals surface area contributed by atoms with Crippen LogP contribution in [0.15, 0.2) is 144 Å². The van der Waals surface area contributed by atoms with Crippen LogP contribution in [0.25, 0.3) is 56.1 Å². The number of phenols is 1. The molecule has 0 aliphatic carbocycles. The van der Waals surface area contributed by atoms with Crippen LogP contribution in [0.2, 0.25) is 0 Å². The van der Waals surface area contributed by atoms with E-state index in [0.717, 1.165) is 51.0 Å². The number of phenolic OH excluding ortho intramolecular Hbond substituents is 1. The van der Waals surface area contributed by atoms with Gasteiger partial charge in [0.05, 0.1) is 11.3 Å². The molecule has 7 aromatic rings. The third-order valence-electron chi connectivity index (χ3n) is 7.33. The number of hydrogen-bond donors (Lipinski definition) is 1. The number of aromatic nitrogens is 2. The molecule has 196 valence electrons. The van der Waals surface area contributed by atoms with E-state index in [1.807, 2.05) is 79.0 Å². The first-order valence-corrected chi connectivity index (χ1v) is 13.6. The molecule has 0 aliphatic rings. The summed E-state index contributed by atoms with van der Waals surface area (Å²) in [6, 6.07) is 44.5. The number of fused-ring (bicyclic) bond motifs is 1. The minimum atomic E-state index is 0.124. The highest BCUT2D eigenvalue weighted by molar-refractivity contribution is 5.95. The van der Waals surface area contributed by atoms with Gasteiger partial charge in [-0.25, -0.2) is 4.98 Å². The van der Waals surface area contributed by atoms with Crippen molar-refractivity contribution in [2.45, 2.75) is 6.42 Å². The van der Waals surface area contributed by atoms with Crippen molar-refractivity contribution in [2.24, 2.45) is 0 Å². The van der Waals surface area contributed by atoms with E-state index >= 15 is 0 Å². The molecular weight excluding hydrogens is 504 g/mol. The normalized spacial score (nSPS) is 11.1. The molecule has 0 unspecified atom stereocenters. The Bertz CT molecular complexity index is 1960. The van der Waals surface area contributed by atoms with E-state index in [-0.39, 0.29) is 5.75 Å². The van der Waals surface area contributed by atoms with Gasteiger partial charge >= 0.3 is 0 Å². The second-order valence-corrected chi connectivity index (χ2v) is 10.0. The van der Waals surface area contributed by atoms with E-state index < -0.39 is 0 Å². The van der Waals surface area contributed by atoms with Crippen LogP contribution in [0.1, 0.15) is 11.1 Å². The van der Waals surface area contributed by atoms with E-state index in [2.05, 4.69) is 59.6 Å². The van der Waals surface area contributed by atoms with E-state index in [1.54, 1.807) is 6.07 Å². The molecule has 41 heavy (non-hydrogen) atoms. The van der Waals surface area contributed by atoms with Gasteiger partial charge in [0.1, 0.15) is 11.3 Å². The Balaban J connectivity index is 1.41. The lowest BCUT2D eigenvalue weighted by Crippen LogP contribution is -1.94. The number of nitrogens with zero attached hydrogens (tertiary/aromatic N) is 2. The lowest BCUT2D eigenvalue weighted by atomic mass is 9.92. The van der Waals surface area contributed by atoms with Crippen molar-refractivity contribution < 1.29 is 9.52 Å². The zero-order valence-electron chi connectivity index (χ0n) is 22.2. The van der Waals surface area contributed by atoms with Crippen LogP contribution in [0, 0.1) is 0 Å². The lowest BCUT2D eigenvalue weighted by molar-refractivity contribution is 0.474. The Morgan fingerprint density at radius 1 is 0.610 bits per heavy atom. The highest BCUT2D eigenvalue weighted by atomic mass is 16.3. The number of aromatic hydroxyl groups is 1. The Labute approximate surface area is 238 Å². The monoisotopic (exact) mass is 530 g/mol. The molecule has 0 atom stereocenters. The molecule has 4 nitrogen and oxygen atoms in total. The summed E-state index contributed by atoms with van der Waals surface area (Å²) < 4.78 is 6.32. The first-order valence-electron chi connectivity index (χ1n) is 13.6. The minimum absolute atomic E-state index is 0.124. The molecule has 4 heteroatoms. The molecule has 0 aliphatic heterocycles. The molecule has 2 heterocycles. The predicted octanol–water partition coefficient (Wildman–Crippen LogP) is 9.19. The van der Waals surface area contributed by atoms with Crippen molar-refractivity contribution in [1.29, 1.82) is 0 Å². The fourth-order valence-corrected chi connectivity index (χ4v) is 5.32. The van der Waals surface area contributed by atoms with Gasteiger partial charge in [-0.1, -0.05) is 97.1 Å². The van der Waals surface area contributed by atoms with Crippen molar-refractivity contribution in [3.63, 3.8) is 0 Å². The topological polar surface area (TPSA) is 59.2 Å². The smallest absolute Gasteiger partial charge is 0.231 e. The average molecular weight is 531 g/mol. The molecule has 0 radical (unpaired) electrons. The second-order valence-electron chi connectivity index (χ2n) is 10.0. The molecule has 0 amide bonds. The maximum atomic E-state index is 10.9. The SMILES string of the molecule is Oc1ccc(-c2ccccc2)cc1-c1nc2c(-c3cccc(-c4ccccn4)c3)c(Cc3ccccc3)ccc2o1. The van der Waals surface area contributed by atoms with Gasteiger partial charge in [-0.05, 0) is 70.6 Å². The predicted molar refractivity (Wildman–Crippen MR) is 164 cm³/mol.